The minimum atomic E-state index is -0.817. The monoisotopic (exact) mass is 564 g/mol. The number of carbonyl (C=O) groups is 3. The molecule has 8 rings (SSSR count). The van der Waals surface area contributed by atoms with E-state index in [9.17, 15) is 14.4 Å². The van der Waals surface area contributed by atoms with Gasteiger partial charge in [-0.1, -0.05) is 30.3 Å². The number of rotatable bonds is 6. The maximum absolute atomic E-state index is 14.2. The summed E-state index contributed by atoms with van der Waals surface area (Å²) < 4.78 is 5.50. The van der Waals surface area contributed by atoms with Crippen molar-refractivity contribution in [3.8, 4) is 11.1 Å². The summed E-state index contributed by atoms with van der Waals surface area (Å²) in [5.41, 5.74) is 3.17. The van der Waals surface area contributed by atoms with Crippen molar-refractivity contribution < 1.29 is 18.8 Å². The molecule has 1 aromatic heterocycles. The van der Waals surface area contributed by atoms with Gasteiger partial charge in [0, 0.05) is 55.5 Å². The molecule has 5 aliphatic rings. The summed E-state index contributed by atoms with van der Waals surface area (Å²) in [7, 11) is 0. The molecule has 2 saturated carbocycles. The average Bonchev–Trinajstić information content (AvgIpc) is 3.94. The van der Waals surface area contributed by atoms with Crippen LogP contribution in [0.2, 0.25) is 0 Å². The lowest BCUT2D eigenvalue weighted by Gasteiger charge is -2.36. The van der Waals surface area contributed by atoms with Crippen LogP contribution in [0.4, 0.5) is 0 Å². The standard InChI is InChI=1S/C34H36N4O4/c39-31(25-5-6-25)36-16-13-34(14-17-36)33(41)38(21-22-11-15-37(20-22)32(40)26-7-8-26)30(35-34)24-3-1-23(2-4-24)27-9-10-29-28(19-27)12-18-42-29/h1-4,9-10,12,18-19,22,25-26H,5-8,11,13-17,20-21H2/t22-/m1/s1. The minimum Gasteiger partial charge on any atom is -0.464 e. The largest absolute Gasteiger partial charge is 0.464 e. The first-order valence-corrected chi connectivity index (χ1v) is 15.5. The summed E-state index contributed by atoms with van der Waals surface area (Å²) in [4.78, 5) is 50.7. The lowest BCUT2D eigenvalue weighted by molar-refractivity contribution is -0.139. The molecule has 0 N–H and O–H groups in total. The number of benzene rings is 2. The van der Waals surface area contributed by atoms with Crippen molar-refractivity contribution in [2.75, 3.05) is 32.7 Å². The zero-order valence-corrected chi connectivity index (χ0v) is 23.8. The number of nitrogens with zero attached hydrogens (tertiary/aromatic N) is 4. The second-order valence-electron chi connectivity index (χ2n) is 12.9. The predicted octanol–water partition coefficient (Wildman–Crippen LogP) is 4.72. The van der Waals surface area contributed by atoms with Crippen LogP contribution in [0.15, 0.2) is 64.2 Å². The van der Waals surface area contributed by atoms with Crippen LogP contribution in [0, 0.1) is 17.8 Å². The summed E-state index contributed by atoms with van der Waals surface area (Å²) in [6.07, 6.45) is 7.73. The van der Waals surface area contributed by atoms with Gasteiger partial charge >= 0.3 is 0 Å². The van der Waals surface area contributed by atoms with Gasteiger partial charge in [-0.2, -0.15) is 0 Å². The molecule has 216 valence electrons. The van der Waals surface area contributed by atoms with Crippen LogP contribution < -0.4 is 0 Å². The Hall–Kier alpha value is -3.94. The van der Waals surface area contributed by atoms with E-state index in [-0.39, 0.29) is 35.5 Å². The van der Waals surface area contributed by atoms with Crippen molar-refractivity contribution in [3.05, 3.63) is 60.4 Å². The maximum Gasteiger partial charge on any atom is 0.256 e. The lowest BCUT2D eigenvalue weighted by atomic mass is 9.87. The van der Waals surface area contributed by atoms with Gasteiger partial charge in [0.05, 0.1) is 6.26 Å². The SMILES string of the molecule is O=C(C1CC1)N1CCC2(CC1)N=C(c1ccc(-c3ccc4occc4c3)cc1)N(C[C@@H]1CCN(C(=O)C3CC3)C1)C2=O. The number of hydrogen-bond acceptors (Lipinski definition) is 5. The Labute approximate surface area is 245 Å². The molecular weight excluding hydrogens is 528 g/mol. The third-order valence-electron chi connectivity index (χ3n) is 9.94. The Bertz CT molecular complexity index is 1590. The molecule has 8 nitrogen and oxygen atoms in total. The van der Waals surface area contributed by atoms with Gasteiger partial charge in [0.25, 0.3) is 5.91 Å². The fourth-order valence-electron chi connectivity index (χ4n) is 7.05. The van der Waals surface area contributed by atoms with Crippen LogP contribution in [-0.4, -0.2) is 76.5 Å². The van der Waals surface area contributed by atoms with Crippen molar-refractivity contribution in [1.82, 2.24) is 14.7 Å². The molecule has 3 aromatic rings. The number of hydrogen-bond donors (Lipinski definition) is 0. The molecule has 4 heterocycles. The molecule has 42 heavy (non-hydrogen) atoms. The number of aliphatic imine (C=N–C) groups is 1. The van der Waals surface area contributed by atoms with Crippen LogP contribution in [-0.2, 0) is 14.4 Å². The summed E-state index contributed by atoms with van der Waals surface area (Å²) in [6, 6.07) is 16.5. The molecule has 2 aromatic carbocycles. The van der Waals surface area contributed by atoms with Crippen molar-refractivity contribution in [2.24, 2.45) is 22.7 Å². The van der Waals surface area contributed by atoms with Gasteiger partial charge in [-0.3, -0.25) is 24.3 Å². The topological polar surface area (TPSA) is 86.4 Å². The Morgan fingerprint density at radius 2 is 1.48 bits per heavy atom. The number of amidine groups is 1. The zero-order chi connectivity index (χ0) is 28.4. The molecular formula is C34H36N4O4. The maximum atomic E-state index is 14.2. The molecule has 0 bridgehead atoms. The smallest absolute Gasteiger partial charge is 0.256 e. The number of carbonyl (C=O) groups excluding carboxylic acids is 3. The normalized spacial score (nSPS) is 23.7. The van der Waals surface area contributed by atoms with Crippen LogP contribution in [0.5, 0.6) is 0 Å². The van der Waals surface area contributed by atoms with Gasteiger partial charge in [0.15, 0.2) is 0 Å². The van der Waals surface area contributed by atoms with Gasteiger partial charge < -0.3 is 14.2 Å². The first-order chi connectivity index (χ1) is 20.5. The summed E-state index contributed by atoms with van der Waals surface area (Å²) >= 11 is 0. The Balaban J connectivity index is 1.06. The van der Waals surface area contributed by atoms with Gasteiger partial charge in [-0.25, -0.2) is 0 Å². The van der Waals surface area contributed by atoms with Crippen molar-refractivity contribution in [1.29, 1.82) is 0 Å². The molecule has 8 heteroatoms. The van der Waals surface area contributed by atoms with Gasteiger partial charge in [-0.05, 0) is 80.2 Å². The zero-order valence-electron chi connectivity index (χ0n) is 23.8. The molecule has 0 unspecified atom stereocenters. The summed E-state index contributed by atoms with van der Waals surface area (Å²) in [6.45, 7) is 3.20. The number of amides is 3. The molecule has 0 radical (unpaired) electrons. The predicted molar refractivity (Wildman–Crippen MR) is 159 cm³/mol. The first-order valence-electron chi connectivity index (χ1n) is 15.5. The lowest BCUT2D eigenvalue weighted by Crippen LogP contribution is -2.52. The molecule has 2 saturated heterocycles. The minimum absolute atomic E-state index is 0.0532. The van der Waals surface area contributed by atoms with Gasteiger partial charge in [0.1, 0.15) is 17.0 Å². The number of fused-ring (bicyclic) bond motifs is 1. The van der Waals surface area contributed by atoms with Crippen molar-refractivity contribution in [3.63, 3.8) is 0 Å². The van der Waals surface area contributed by atoms with Gasteiger partial charge in [0.2, 0.25) is 11.8 Å². The highest BCUT2D eigenvalue weighted by Crippen LogP contribution is 2.39. The summed E-state index contributed by atoms with van der Waals surface area (Å²) in [5.74, 6) is 1.94. The van der Waals surface area contributed by atoms with E-state index < -0.39 is 5.54 Å². The number of likely N-dealkylation sites (tertiary alicyclic amines) is 2. The molecule has 3 aliphatic heterocycles. The molecule has 2 aliphatic carbocycles. The van der Waals surface area contributed by atoms with E-state index in [0.717, 1.165) is 72.1 Å². The van der Waals surface area contributed by atoms with E-state index in [1.807, 2.05) is 26.8 Å². The van der Waals surface area contributed by atoms with Crippen molar-refractivity contribution in [2.45, 2.75) is 50.5 Å². The third kappa shape index (κ3) is 4.52. The van der Waals surface area contributed by atoms with Crippen molar-refractivity contribution >= 4 is 34.5 Å². The molecule has 1 spiro atoms. The van der Waals surface area contributed by atoms with Crippen LogP contribution >= 0.6 is 0 Å². The second-order valence-corrected chi connectivity index (χ2v) is 12.9. The Kier molecular flexibility index (Phi) is 6.02. The highest BCUT2D eigenvalue weighted by atomic mass is 16.3. The number of piperidine rings is 1. The Morgan fingerprint density at radius 3 is 2.19 bits per heavy atom. The fraction of sp³-hybridized carbons (Fsp3) is 0.471. The highest BCUT2D eigenvalue weighted by Gasteiger charge is 2.52. The Morgan fingerprint density at radius 1 is 0.810 bits per heavy atom. The number of furan rings is 1. The average molecular weight is 565 g/mol. The van der Waals surface area contributed by atoms with Crippen LogP contribution in [0.3, 0.4) is 0 Å². The van der Waals surface area contributed by atoms with E-state index in [4.69, 9.17) is 9.41 Å². The summed E-state index contributed by atoms with van der Waals surface area (Å²) in [5, 5.41) is 1.06. The highest BCUT2D eigenvalue weighted by molar-refractivity contribution is 6.15. The van der Waals surface area contributed by atoms with E-state index in [0.29, 0.717) is 39.0 Å². The quantitative estimate of drug-likeness (QED) is 0.434. The second kappa shape index (κ2) is 9.82. The van der Waals surface area contributed by atoms with Crippen LogP contribution in [0.1, 0.15) is 50.5 Å². The fourth-order valence-corrected chi connectivity index (χ4v) is 7.05. The molecule has 3 amide bonds. The molecule has 1 atom stereocenters. The van der Waals surface area contributed by atoms with Gasteiger partial charge in [-0.15, -0.1) is 0 Å². The third-order valence-corrected chi connectivity index (χ3v) is 9.94. The first kappa shape index (κ1) is 25.7. The van der Waals surface area contributed by atoms with E-state index in [1.54, 1.807) is 6.26 Å². The van der Waals surface area contributed by atoms with E-state index in [1.165, 1.54) is 0 Å². The molecule has 4 fully saturated rings. The van der Waals surface area contributed by atoms with E-state index in [2.05, 4.69) is 36.4 Å². The van der Waals surface area contributed by atoms with Crippen LogP contribution in [0.25, 0.3) is 22.1 Å². The van der Waals surface area contributed by atoms with E-state index >= 15 is 0 Å².